The summed E-state index contributed by atoms with van der Waals surface area (Å²) in [7, 11) is 0. The van der Waals surface area contributed by atoms with E-state index in [4.69, 9.17) is 28.6 Å². The van der Waals surface area contributed by atoms with Crippen molar-refractivity contribution in [1.29, 1.82) is 0 Å². The summed E-state index contributed by atoms with van der Waals surface area (Å²) in [5, 5.41) is 1.56. The van der Waals surface area contributed by atoms with Crippen LogP contribution in [0.15, 0.2) is 77.7 Å². The Morgan fingerprint density at radius 1 is 1.06 bits per heavy atom. The zero-order chi connectivity index (χ0) is 23.4. The van der Waals surface area contributed by atoms with Crippen molar-refractivity contribution < 1.29 is 18.7 Å². The first kappa shape index (κ1) is 23.0. The third-order valence-electron chi connectivity index (χ3n) is 4.61. The molecule has 4 rings (SSSR count). The predicted molar refractivity (Wildman–Crippen MR) is 131 cm³/mol. The lowest BCUT2D eigenvalue weighted by atomic mass is 10.2. The maximum Gasteiger partial charge on any atom is 0.285 e. The van der Waals surface area contributed by atoms with E-state index in [0.717, 1.165) is 27.9 Å². The highest BCUT2D eigenvalue weighted by Crippen LogP contribution is 2.31. The first-order valence-corrected chi connectivity index (χ1v) is 11.3. The second-order valence-electron chi connectivity index (χ2n) is 6.95. The Kier molecular flexibility index (Phi) is 7.08. The Morgan fingerprint density at radius 3 is 2.39 bits per heavy atom. The number of thiocarbonyl (C=S) groups is 1. The van der Waals surface area contributed by atoms with Gasteiger partial charge in [0.05, 0.1) is 4.91 Å². The van der Waals surface area contributed by atoms with Crippen molar-refractivity contribution in [1.82, 2.24) is 10.4 Å². The molecular formula is C24H16ClFN2O3S2. The van der Waals surface area contributed by atoms with Gasteiger partial charge in [0.15, 0.2) is 4.32 Å². The van der Waals surface area contributed by atoms with Gasteiger partial charge in [0.2, 0.25) is 0 Å². The summed E-state index contributed by atoms with van der Waals surface area (Å²) in [5.74, 6) is -0.534. The standard InChI is InChI=1S/C24H16ClFN2O3S2/c25-18-7-5-17(6-8-18)22(29)27-28-23(30)21(33-24(28)32)13-15-3-11-20(12-4-15)31-14-16-1-9-19(26)10-2-16/h1-13H,14H2,(H,27,29)/b21-13-. The summed E-state index contributed by atoms with van der Waals surface area (Å²) in [4.78, 5) is 25.6. The molecule has 0 unspecified atom stereocenters. The maximum atomic E-state index is 13.0. The molecule has 1 aliphatic rings. The fourth-order valence-corrected chi connectivity index (χ4v) is 4.20. The van der Waals surface area contributed by atoms with Crippen LogP contribution in [-0.2, 0) is 11.4 Å². The molecule has 0 atom stereocenters. The van der Waals surface area contributed by atoms with Crippen LogP contribution in [0.2, 0.25) is 5.02 Å². The molecule has 1 heterocycles. The molecule has 1 saturated heterocycles. The number of nitrogens with zero attached hydrogens (tertiary/aromatic N) is 1. The van der Waals surface area contributed by atoms with Gasteiger partial charge in [0.1, 0.15) is 18.2 Å². The van der Waals surface area contributed by atoms with Crippen molar-refractivity contribution >= 4 is 57.8 Å². The van der Waals surface area contributed by atoms with Crippen molar-refractivity contribution in [2.75, 3.05) is 0 Å². The number of halogens is 2. The third-order valence-corrected chi connectivity index (χ3v) is 6.16. The zero-order valence-corrected chi connectivity index (χ0v) is 19.3. The Balaban J connectivity index is 1.38. The molecule has 1 N–H and O–H groups in total. The highest BCUT2D eigenvalue weighted by atomic mass is 35.5. The molecule has 0 saturated carbocycles. The van der Waals surface area contributed by atoms with E-state index in [1.54, 1.807) is 66.7 Å². The molecule has 166 valence electrons. The summed E-state index contributed by atoms with van der Waals surface area (Å²) in [6, 6.07) is 19.6. The number of hydrogen-bond donors (Lipinski definition) is 1. The van der Waals surface area contributed by atoms with E-state index >= 15 is 0 Å². The van der Waals surface area contributed by atoms with Crippen LogP contribution in [0.3, 0.4) is 0 Å². The number of hydrazine groups is 1. The molecular weight excluding hydrogens is 483 g/mol. The smallest absolute Gasteiger partial charge is 0.285 e. The second kappa shape index (κ2) is 10.2. The van der Waals surface area contributed by atoms with Gasteiger partial charge < -0.3 is 4.74 Å². The van der Waals surface area contributed by atoms with Gasteiger partial charge in [-0.25, -0.2) is 4.39 Å². The SMILES string of the molecule is O=C(NN1C(=O)/C(=C/c2ccc(OCc3ccc(F)cc3)cc2)SC1=S)c1ccc(Cl)cc1. The number of ether oxygens (including phenoxy) is 1. The third kappa shape index (κ3) is 5.78. The molecule has 2 amide bonds. The Bertz CT molecular complexity index is 1230. The molecule has 0 radical (unpaired) electrons. The number of carbonyl (C=O) groups is 2. The number of hydrogen-bond acceptors (Lipinski definition) is 5. The monoisotopic (exact) mass is 498 g/mol. The lowest BCUT2D eigenvalue weighted by molar-refractivity contribution is -0.123. The number of nitrogens with one attached hydrogen (secondary N) is 1. The maximum absolute atomic E-state index is 13.0. The molecule has 3 aromatic rings. The van der Waals surface area contributed by atoms with Crippen molar-refractivity contribution in [3.8, 4) is 5.75 Å². The van der Waals surface area contributed by atoms with Crippen LogP contribution in [0.1, 0.15) is 21.5 Å². The van der Waals surface area contributed by atoms with E-state index in [1.165, 1.54) is 12.1 Å². The number of rotatable bonds is 6. The molecule has 9 heteroatoms. The zero-order valence-electron chi connectivity index (χ0n) is 17.0. The van der Waals surface area contributed by atoms with Gasteiger partial charge in [0.25, 0.3) is 11.8 Å². The molecule has 0 bridgehead atoms. The fourth-order valence-electron chi connectivity index (χ4n) is 2.89. The van der Waals surface area contributed by atoms with Crippen LogP contribution in [0, 0.1) is 5.82 Å². The molecule has 3 aromatic carbocycles. The van der Waals surface area contributed by atoms with Crippen LogP contribution in [0.25, 0.3) is 6.08 Å². The van der Waals surface area contributed by atoms with Gasteiger partial charge >= 0.3 is 0 Å². The number of thioether (sulfide) groups is 1. The van der Waals surface area contributed by atoms with Crippen LogP contribution < -0.4 is 10.2 Å². The van der Waals surface area contributed by atoms with E-state index in [0.29, 0.717) is 27.8 Å². The molecule has 0 aromatic heterocycles. The summed E-state index contributed by atoms with van der Waals surface area (Å²) >= 11 is 12.2. The fraction of sp³-hybridized carbons (Fsp3) is 0.0417. The summed E-state index contributed by atoms with van der Waals surface area (Å²) in [6.45, 7) is 0.311. The minimum absolute atomic E-state index is 0.229. The number of benzene rings is 3. The molecule has 33 heavy (non-hydrogen) atoms. The Labute approximate surface area is 204 Å². The van der Waals surface area contributed by atoms with Crippen molar-refractivity contribution in [2.45, 2.75) is 6.61 Å². The Hall–Kier alpha value is -3.20. The minimum Gasteiger partial charge on any atom is -0.489 e. The van der Waals surface area contributed by atoms with E-state index in [2.05, 4.69) is 5.43 Å². The first-order chi connectivity index (χ1) is 15.9. The van der Waals surface area contributed by atoms with E-state index in [1.807, 2.05) is 0 Å². The average molecular weight is 499 g/mol. The predicted octanol–water partition coefficient (Wildman–Crippen LogP) is 5.60. The van der Waals surface area contributed by atoms with E-state index in [9.17, 15) is 14.0 Å². The molecule has 1 aliphatic heterocycles. The summed E-state index contributed by atoms with van der Waals surface area (Å²) < 4.78 is 18.9. The van der Waals surface area contributed by atoms with Gasteiger partial charge in [-0.3, -0.25) is 15.0 Å². The first-order valence-electron chi connectivity index (χ1n) is 9.71. The van der Waals surface area contributed by atoms with Crippen molar-refractivity contribution in [3.63, 3.8) is 0 Å². The highest BCUT2D eigenvalue weighted by Gasteiger charge is 2.33. The van der Waals surface area contributed by atoms with Gasteiger partial charge in [0, 0.05) is 10.6 Å². The summed E-state index contributed by atoms with van der Waals surface area (Å²) in [5.41, 5.74) is 4.51. The largest absolute Gasteiger partial charge is 0.489 e. The lowest BCUT2D eigenvalue weighted by Crippen LogP contribution is -2.44. The van der Waals surface area contributed by atoms with Gasteiger partial charge in [-0.2, -0.15) is 5.01 Å². The quantitative estimate of drug-likeness (QED) is 0.354. The van der Waals surface area contributed by atoms with Gasteiger partial charge in [-0.1, -0.05) is 47.6 Å². The minimum atomic E-state index is -0.466. The van der Waals surface area contributed by atoms with Crippen LogP contribution in [0.4, 0.5) is 4.39 Å². The summed E-state index contributed by atoms with van der Waals surface area (Å²) in [6.07, 6.45) is 1.69. The molecule has 5 nitrogen and oxygen atoms in total. The lowest BCUT2D eigenvalue weighted by Gasteiger charge is -2.15. The Morgan fingerprint density at radius 2 is 1.73 bits per heavy atom. The van der Waals surface area contributed by atoms with Gasteiger partial charge in [-0.15, -0.1) is 0 Å². The number of carbonyl (C=O) groups excluding carboxylic acids is 2. The number of amides is 2. The highest BCUT2D eigenvalue weighted by molar-refractivity contribution is 8.26. The van der Waals surface area contributed by atoms with Crippen LogP contribution >= 0.6 is 35.6 Å². The molecule has 1 fully saturated rings. The molecule has 0 spiro atoms. The van der Waals surface area contributed by atoms with Crippen molar-refractivity contribution in [3.05, 3.63) is 105 Å². The van der Waals surface area contributed by atoms with E-state index in [-0.39, 0.29) is 10.1 Å². The van der Waals surface area contributed by atoms with Crippen LogP contribution in [-0.4, -0.2) is 21.1 Å². The van der Waals surface area contributed by atoms with E-state index < -0.39 is 11.8 Å². The van der Waals surface area contributed by atoms with Crippen molar-refractivity contribution in [2.24, 2.45) is 0 Å². The normalized spacial score (nSPS) is 14.6. The molecule has 0 aliphatic carbocycles. The average Bonchev–Trinajstić information content (AvgIpc) is 3.07. The topological polar surface area (TPSA) is 58.6 Å². The van der Waals surface area contributed by atoms with Gasteiger partial charge in [-0.05, 0) is 78.0 Å². The second-order valence-corrected chi connectivity index (χ2v) is 9.06. The van der Waals surface area contributed by atoms with Crippen LogP contribution in [0.5, 0.6) is 5.75 Å².